The third-order valence-electron chi connectivity index (χ3n) is 3.77. The molecular weight excluding hydrogens is 286 g/mol. The Kier molecular flexibility index (Phi) is 3.95. The standard InChI is InChI=1S/C15H17N3O4/c19-13(16-9-14(20)17-7-3-4-8-17)10-18-11-5-1-2-6-12(11)22-15(18)21/h1-2,5-6H,3-4,7-10H2,(H,16,19). The molecule has 7 nitrogen and oxygen atoms in total. The van der Waals surface area contributed by atoms with Gasteiger partial charge in [-0.05, 0) is 25.0 Å². The van der Waals surface area contributed by atoms with Crippen LogP contribution in [0.3, 0.4) is 0 Å². The summed E-state index contributed by atoms with van der Waals surface area (Å²) in [5.41, 5.74) is 1.00. The van der Waals surface area contributed by atoms with Crippen LogP contribution >= 0.6 is 0 Å². The van der Waals surface area contributed by atoms with E-state index in [-0.39, 0.29) is 24.9 Å². The molecule has 1 aliphatic heterocycles. The van der Waals surface area contributed by atoms with Gasteiger partial charge in [-0.25, -0.2) is 4.79 Å². The molecule has 1 aromatic carbocycles. The molecule has 1 fully saturated rings. The second-order valence-corrected chi connectivity index (χ2v) is 5.29. The molecule has 22 heavy (non-hydrogen) atoms. The van der Waals surface area contributed by atoms with Gasteiger partial charge in [0.1, 0.15) is 6.54 Å². The largest absolute Gasteiger partial charge is 0.420 e. The summed E-state index contributed by atoms with van der Waals surface area (Å²) in [6.45, 7) is 1.30. The Bertz CT molecular complexity index is 755. The molecule has 2 amide bonds. The van der Waals surface area contributed by atoms with Crippen LogP contribution in [-0.2, 0) is 16.1 Å². The fourth-order valence-electron chi connectivity index (χ4n) is 2.62. The molecule has 2 heterocycles. The molecule has 0 radical (unpaired) electrons. The van der Waals surface area contributed by atoms with Crippen molar-refractivity contribution in [1.82, 2.24) is 14.8 Å². The number of hydrogen-bond donors (Lipinski definition) is 1. The molecule has 0 saturated carbocycles. The van der Waals surface area contributed by atoms with Gasteiger partial charge < -0.3 is 14.6 Å². The van der Waals surface area contributed by atoms with Gasteiger partial charge in [-0.3, -0.25) is 14.2 Å². The highest BCUT2D eigenvalue weighted by Crippen LogP contribution is 2.11. The lowest BCUT2D eigenvalue weighted by molar-refractivity contribution is -0.132. The Morgan fingerprint density at radius 1 is 1.18 bits per heavy atom. The van der Waals surface area contributed by atoms with Gasteiger partial charge in [-0.2, -0.15) is 0 Å². The van der Waals surface area contributed by atoms with Crippen LogP contribution in [0.4, 0.5) is 0 Å². The lowest BCUT2D eigenvalue weighted by Crippen LogP contribution is -2.40. The maximum Gasteiger partial charge on any atom is 0.420 e. The fourth-order valence-corrected chi connectivity index (χ4v) is 2.62. The summed E-state index contributed by atoms with van der Waals surface area (Å²) in [5, 5.41) is 2.56. The van der Waals surface area contributed by atoms with Gasteiger partial charge in [0.15, 0.2) is 5.58 Å². The molecule has 1 saturated heterocycles. The number of oxazole rings is 1. The molecule has 0 atom stereocenters. The maximum absolute atomic E-state index is 11.9. The number of amides is 2. The first-order valence-electron chi connectivity index (χ1n) is 7.28. The zero-order chi connectivity index (χ0) is 15.5. The summed E-state index contributed by atoms with van der Waals surface area (Å²) < 4.78 is 6.31. The van der Waals surface area contributed by atoms with E-state index >= 15 is 0 Å². The van der Waals surface area contributed by atoms with Gasteiger partial charge in [0, 0.05) is 13.1 Å². The van der Waals surface area contributed by atoms with Crippen LogP contribution in [0, 0.1) is 0 Å². The van der Waals surface area contributed by atoms with Crippen LogP contribution in [-0.4, -0.2) is 40.9 Å². The van der Waals surface area contributed by atoms with Crippen LogP contribution in [0.5, 0.6) is 0 Å². The highest BCUT2D eigenvalue weighted by molar-refractivity contribution is 5.85. The monoisotopic (exact) mass is 303 g/mol. The first-order valence-corrected chi connectivity index (χ1v) is 7.28. The molecule has 1 N–H and O–H groups in total. The number of para-hydroxylation sites is 2. The van der Waals surface area contributed by atoms with Gasteiger partial charge in [0.2, 0.25) is 11.8 Å². The molecule has 0 aliphatic carbocycles. The topological polar surface area (TPSA) is 84.5 Å². The number of aromatic nitrogens is 1. The molecule has 1 aliphatic rings. The number of carbonyl (C=O) groups excluding carboxylic acids is 2. The van der Waals surface area contributed by atoms with Crippen LogP contribution in [0.15, 0.2) is 33.5 Å². The molecular formula is C15H17N3O4. The molecule has 0 bridgehead atoms. The fraction of sp³-hybridized carbons (Fsp3) is 0.400. The molecule has 0 unspecified atom stereocenters. The van der Waals surface area contributed by atoms with Crippen molar-refractivity contribution in [3.8, 4) is 0 Å². The van der Waals surface area contributed by atoms with Gasteiger partial charge in [0.05, 0.1) is 12.1 Å². The number of hydrogen-bond acceptors (Lipinski definition) is 4. The van der Waals surface area contributed by atoms with Crippen molar-refractivity contribution in [2.45, 2.75) is 19.4 Å². The maximum atomic E-state index is 11.9. The number of likely N-dealkylation sites (tertiary alicyclic amines) is 1. The van der Waals surface area contributed by atoms with E-state index in [1.807, 2.05) is 0 Å². The van der Waals surface area contributed by atoms with E-state index in [0.29, 0.717) is 11.1 Å². The van der Waals surface area contributed by atoms with Crippen molar-refractivity contribution in [2.24, 2.45) is 0 Å². The average molecular weight is 303 g/mol. The van der Waals surface area contributed by atoms with E-state index in [1.165, 1.54) is 4.57 Å². The highest BCUT2D eigenvalue weighted by Gasteiger charge is 2.18. The minimum Gasteiger partial charge on any atom is -0.408 e. The van der Waals surface area contributed by atoms with Crippen molar-refractivity contribution in [1.29, 1.82) is 0 Å². The first-order chi connectivity index (χ1) is 10.6. The van der Waals surface area contributed by atoms with Gasteiger partial charge in [-0.15, -0.1) is 0 Å². The summed E-state index contributed by atoms with van der Waals surface area (Å²) in [7, 11) is 0. The smallest absolute Gasteiger partial charge is 0.408 e. The third-order valence-corrected chi connectivity index (χ3v) is 3.77. The van der Waals surface area contributed by atoms with E-state index in [9.17, 15) is 14.4 Å². The van der Waals surface area contributed by atoms with E-state index < -0.39 is 5.76 Å². The number of nitrogens with zero attached hydrogens (tertiary/aromatic N) is 2. The van der Waals surface area contributed by atoms with E-state index in [0.717, 1.165) is 25.9 Å². The summed E-state index contributed by atoms with van der Waals surface area (Å²) >= 11 is 0. The lowest BCUT2D eigenvalue weighted by atomic mass is 10.3. The number of fused-ring (bicyclic) bond motifs is 1. The Morgan fingerprint density at radius 2 is 1.91 bits per heavy atom. The van der Waals surface area contributed by atoms with Crippen molar-refractivity contribution in [3.05, 3.63) is 34.8 Å². The predicted octanol–water partition coefficient (Wildman–Crippen LogP) is 0.333. The number of benzene rings is 1. The van der Waals surface area contributed by atoms with Crippen LogP contribution in [0.25, 0.3) is 11.1 Å². The molecule has 7 heteroatoms. The Balaban J connectivity index is 1.62. The van der Waals surface area contributed by atoms with E-state index in [2.05, 4.69) is 5.32 Å². The lowest BCUT2D eigenvalue weighted by Gasteiger charge is -2.15. The molecule has 2 aromatic rings. The van der Waals surface area contributed by atoms with E-state index in [4.69, 9.17) is 4.42 Å². The molecule has 116 valence electrons. The van der Waals surface area contributed by atoms with Gasteiger partial charge >= 0.3 is 5.76 Å². The normalized spacial score (nSPS) is 14.5. The summed E-state index contributed by atoms with van der Waals surface area (Å²) in [6.07, 6.45) is 2.02. The van der Waals surface area contributed by atoms with Crippen LogP contribution in [0.1, 0.15) is 12.8 Å². The summed E-state index contributed by atoms with van der Waals surface area (Å²) in [6, 6.07) is 6.90. The summed E-state index contributed by atoms with van der Waals surface area (Å²) in [4.78, 5) is 37.3. The van der Waals surface area contributed by atoms with Crippen molar-refractivity contribution in [3.63, 3.8) is 0 Å². The Morgan fingerprint density at radius 3 is 2.68 bits per heavy atom. The van der Waals surface area contributed by atoms with E-state index in [1.54, 1.807) is 29.2 Å². The van der Waals surface area contributed by atoms with Gasteiger partial charge in [0.25, 0.3) is 0 Å². The predicted molar refractivity (Wildman–Crippen MR) is 79.3 cm³/mol. The second kappa shape index (κ2) is 6.05. The minimum atomic E-state index is -0.581. The zero-order valence-corrected chi connectivity index (χ0v) is 12.1. The first kappa shape index (κ1) is 14.4. The quantitative estimate of drug-likeness (QED) is 0.882. The molecule has 1 aromatic heterocycles. The van der Waals surface area contributed by atoms with Crippen molar-refractivity contribution >= 4 is 22.9 Å². The Hall–Kier alpha value is -2.57. The third kappa shape index (κ3) is 2.88. The zero-order valence-electron chi connectivity index (χ0n) is 12.1. The number of rotatable bonds is 4. The molecule has 3 rings (SSSR count). The highest BCUT2D eigenvalue weighted by atomic mass is 16.4. The van der Waals surface area contributed by atoms with Crippen LogP contribution < -0.4 is 11.1 Å². The minimum absolute atomic E-state index is 0.0383. The number of carbonyl (C=O) groups is 2. The van der Waals surface area contributed by atoms with Crippen molar-refractivity contribution in [2.75, 3.05) is 19.6 Å². The molecule has 0 spiro atoms. The average Bonchev–Trinajstić information content (AvgIpc) is 3.14. The SMILES string of the molecule is O=C(Cn1c(=O)oc2ccccc21)NCC(=O)N1CCCC1. The van der Waals surface area contributed by atoms with Crippen LogP contribution in [0.2, 0.25) is 0 Å². The Labute approximate surface area is 126 Å². The second-order valence-electron chi connectivity index (χ2n) is 5.29. The van der Waals surface area contributed by atoms with Crippen molar-refractivity contribution < 1.29 is 14.0 Å². The summed E-state index contributed by atoms with van der Waals surface area (Å²) in [5.74, 6) is -1.06. The van der Waals surface area contributed by atoms with Gasteiger partial charge in [-0.1, -0.05) is 12.1 Å². The number of nitrogens with one attached hydrogen (secondary N) is 1.